The van der Waals surface area contributed by atoms with Crippen molar-refractivity contribution in [1.82, 2.24) is 9.97 Å². The minimum Gasteiger partial charge on any atom is -0.310 e. The minimum absolute atomic E-state index is 0.142. The van der Waals surface area contributed by atoms with Gasteiger partial charge in [-0.05, 0) is 24.1 Å². The number of fused-ring (bicyclic) bond motifs is 1. The molecule has 0 amide bonds. The maximum absolute atomic E-state index is 12.4. The largest absolute Gasteiger partial charge is 0.310 e. The summed E-state index contributed by atoms with van der Waals surface area (Å²) in [5.41, 5.74) is 1.52. The second kappa shape index (κ2) is 6.59. The Morgan fingerprint density at radius 1 is 1.23 bits per heavy atom. The van der Waals surface area contributed by atoms with E-state index in [0.29, 0.717) is 33.6 Å². The van der Waals surface area contributed by atoms with Crippen molar-refractivity contribution < 1.29 is 0 Å². The van der Waals surface area contributed by atoms with Crippen molar-refractivity contribution in [3.8, 4) is 11.1 Å². The third-order valence-electron chi connectivity index (χ3n) is 3.27. The number of nitrogens with zero attached hydrogens (tertiary/aromatic N) is 1. The lowest BCUT2D eigenvalue weighted by Crippen LogP contribution is -2.11. The summed E-state index contributed by atoms with van der Waals surface area (Å²) in [5.74, 6) is 1.21. The van der Waals surface area contributed by atoms with Crippen LogP contribution in [0.2, 0.25) is 10.0 Å². The number of alkyl halides is 1. The van der Waals surface area contributed by atoms with Crippen LogP contribution >= 0.6 is 46.1 Å². The molecule has 0 atom stereocenters. The third-order valence-corrected chi connectivity index (χ3v) is 5.15. The van der Waals surface area contributed by atoms with E-state index in [0.717, 1.165) is 22.4 Å². The zero-order valence-electron chi connectivity index (χ0n) is 11.3. The van der Waals surface area contributed by atoms with Crippen molar-refractivity contribution in [3.05, 3.63) is 49.8 Å². The molecule has 3 nitrogen and oxygen atoms in total. The Kier molecular flexibility index (Phi) is 4.73. The molecule has 0 unspecified atom stereocenters. The van der Waals surface area contributed by atoms with Gasteiger partial charge in [-0.25, -0.2) is 4.98 Å². The molecular weight excluding hydrogens is 363 g/mol. The topological polar surface area (TPSA) is 45.8 Å². The highest BCUT2D eigenvalue weighted by Crippen LogP contribution is 2.34. The minimum atomic E-state index is -0.142. The van der Waals surface area contributed by atoms with E-state index in [2.05, 4.69) is 9.97 Å². The number of aromatic amines is 1. The van der Waals surface area contributed by atoms with Gasteiger partial charge in [0, 0.05) is 23.2 Å². The standard InChI is InChI=1S/C15H11Cl3N2OS/c16-5-1-2-12-19-14(21)13-9(7-22-15(13)20-12)8-3-4-10(17)11(18)6-8/h3-4,6-7H,1-2,5H2,(H,19,20,21). The zero-order chi connectivity index (χ0) is 15.7. The number of aromatic nitrogens is 2. The maximum Gasteiger partial charge on any atom is 0.260 e. The first-order chi connectivity index (χ1) is 10.6. The number of benzene rings is 1. The second-order valence-electron chi connectivity index (χ2n) is 4.76. The van der Waals surface area contributed by atoms with Crippen LogP contribution in [-0.4, -0.2) is 15.8 Å². The van der Waals surface area contributed by atoms with Gasteiger partial charge in [0.05, 0.1) is 15.4 Å². The van der Waals surface area contributed by atoms with Crippen LogP contribution in [0.4, 0.5) is 0 Å². The monoisotopic (exact) mass is 372 g/mol. The Bertz CT molecular complexity index is 888. The summed E-state index contributed by atoms with van der Waals surface area (Å²) in [5, 5.41) is 3.44. The van der Waals surface area contributed by atoms with E-state index in [1.807, 2.05) is 11.4 Å². The molecule has 0 saturated heterocycles. The Morgan fingerprint density at radius 2 is 2.05 bits per heavy atom. The summed E-state index contributed by atoms with van der Waals surface area (Å²) < 4.78 is 0. The van der Waals surface area contributed by atoms with Crippen LogP contribution in [0.3, 0.4) is 0 Å². The van der Waals surface area contributed by atoms with Gasteiger partial charge in [-0.2, -0.15) is 0 Å². The molecule has 1 aromatic carbocycles. The van der Waals surface area contributed by atoms with E-state index >= 15 is 0 Å². The van der Waals surface area contributed by atoms with Crippen molar-refractivity contribution in [2.24, 2.45) is 0 Å². The van der Waals surface area contributed by atoms with E-state index in [-0.39, 0.29) is 5.56 Å². The summed E-state index contributed by atoms with van der Waals surface area (Å²) in [6, 6.07) is 5.32. The number of hydrogen-bond donors (Lipinski definition) is 1. The number of hydrogen-bond acceptors (Lipinski definition) is 3. The number of nitrogens with one attached hydrogen (secondary N) is 1. The van der Waals surface area contributed by atoms with Gasteiger partial charge in [-0.1, -0.05) is 29.3 Å². The fraction of sp³-hybridized carbons (Fsp3) is 0.200. The van der Waals surface area contributed by atoms with Gasteiger partial charge < -0.3 is 4.98 Å². The molecule has 2 heterocycles. The van der Waals surface area contributed by atoms with Gasteiger partial charge in [0.15, 0.2) is 0 Å². The van der Waals surface area contributed by atoms with E-state index in [9.17, 15) is 4.79 Å². The summed E-state index contributed by atoms with van der Waals surface area (Å²) in [6.07, 6.45) is 1.44. The molecule has 0 bridgehead atoms. The van der Waals surface area contributed by atoms with Crippen molar-refractivity contribution >= 4 is 56.4 Å². The van der Waals surface area contributed by atoms with E-state index in [1.54, 1.807) is 12.1 Å². The maximum atomic E-state index is 12.4. The first kappa shape index (κ1) is 15.8. The van der Waals surface area contributed by atoms with Crippen LogP contribution in [0.5, 0.6) is 0 Å². The molecule has 3 rings (SSSR count). The zero-order valence-corrected chi connectivity index (χ0v) is 14.4. The third kappa shape index (κ3) is 3.01. The van der Waals surface area contributed by atoms with E-state index < -0.39 is 0 Å². The SMILES string of the molecule is O=c1[nH]c(CCCCl)nc2scc(-c3ccc(Cl)c(Cl)c3)c12. The van der Waals surface area contributed by atoms with Crippen LogP contribution < -0.4 is 5.56 Å². The Hall–Kier alpha value is -1.07. The fourth-order valence-electron chi connectivity index (χ4n) is 2.22. The average Bonchev–Trinajstić information content (AvgIpc) is 2.92. The smallest absolute Gasteiger partial charge is 0.260 e. The van der Waals surface area contributed by atoms with Crippen LogP contribution in [0, 0.1) is 0 Å². The lowest BCUT2D eigenvalue weighted by molar-refractivity contribution is 0.843. The van der Waals surface area contributed by atoms with Crippen LogP contribution in [0.1, 0.15) is 12.2 Å². The fourth-order valence-corrected chi connectivity index (χ4v) is 3.62. The number of aryl methyl sites for hydroxylation is 1. The predicted octanol–water partition coefficient (Wildman–Crippen LogP) is 5.13. The molecule has 0 saturated carbocycles. The Labute approximate surface area is 145 Å². The van der Waals surface area contributed by atoms with E-state index in [1.165, 1.54) is 11.3 Å². The van der Waals surface area contributed by atoms with Crippen LogP contribution in [-0.2, 0) is 6.42 Å². The Morgan fingerprint density at radius 3 is 2.77 bits per heavy atom. The van der Waals surface area contributed by atoms with Gasteiger partial charge in [0.2, 0.25) is 0 Å². The summed E-state index contributed by atoms with van der Waals surface area (Å²) >= 11 is 19.1. The van der Waals surface area contributed by atoms with Gasteiger partial charge in [0.1, 0.15) is 10.7 Å². The molecule has 0 spiro atoms. The van der Waals surface area contributed by atoms with Crippen LogP contribution in [0.15, 0.2) is 28.4 Å². The first-order valence-corrected chi connectivity index (χ1v) is 8.79. The van der Waals surface area contributed by atoms with E-state index in [4.69, 9.17) is 34.8 Å². The molecule has 0 aliphatic heterocycles. The van der Waals surface area contributed by atoms with Crippen molar-refractivity contribution in [2.45, 2.75) is 12.8 Å². The lowest BCUT2D eigenvalue weighted by atomic mass is 10.1. The van der Waals surface area contributed by atoms with Crippen molar-refractivity contribution in [3.63, 3.8) is 0 Å². The average molecular weight is 374 g/mol. The second-order valence-corrected chi connectivity index (χ2v) is 6.81. The molecule has 3 aromatic rings. The molecular formula is C15H11Cl3N2OS. The summed E-state index contributed by atoms with van der Waals surface area (Å²) in [6.45, 7) is 0. The molecule has 0 aliphatic rings. The highest BCUT2D eigenvalue weighted by molar-refractivity contribution is 7.17. The van der Waals surface area contributed by atoms with Crippen molar-refractivity contribution in [1.29, 1.82) is 0 Å². The first-order valence-electron chi connectivity index (χ1n) is 6.62. The number of thiophene rings is 1. The Balaban J connectivity index is 2.12. The lowest BCUT2D eigenvalue weighted by Gasteiger charge is -2.03. The molecule has 2 aromatic heterocycles. The molecule has 1 N–H and O–H groups in total. The number of H-pyrrole nitrogens is 1. The number of halogens is 3. The summed E-state index contributed by atoms with van der Waals surface area (Å²) in [7, 11) is 0. The van der Waals surface area contributed by atoms with Crippen LogP contribution in [0.25, 0.3) is 21.3 Å². The normalized spacial score (nSPS) is 11.2. The molecule has 7 heteroatoms. The molecule has 0 fully saturated rings. The number of rotatable bonds is 4. The summed E-state index contributed by atoms with van der Waals surface area (Å²) in [4.78, 5) is 20.4. The highest BCUT2D eigenvalue weighted by atomic mass is 35.5. The molecule has 0 radical (unpaired) electrons. The van der Waals surface area contributed by atoms with Crippen molar-refractivity contribution in [2.75, 3.05) is 5.88 Å². The van der Waals surface area contributed by atoms with Gasteiger partial charge in [-0.15, -0.1) is 22.9 Å². The molecule has 0 aliphatic carbocycles. The highest BCUT2D eigenvalue weighted by Gasteiger charge is 2.13. The quantitative estimate of drug-likeness (QED) is 0.644. The van der Waals surface area contributed by atoms with Gasteiger partial charge in [-0.3, -0.25) is 4.79 Å². The molecule has 114 valence electrons. The van der Waals surface area contributed by atoms with Gasteiger partial charge in [0.25, 0.3) is 5.56 Å². The molecule has 22 heavy (non-hydrogen) atoms. The van der Waals surface area contributed by atoms with Gasteiger partial charge >= 0.3 is 0 Å². The predicted molar refractivity (Wildman–Crippen MR) is 94.7 cm³/mol.